The lowest BCUT2D eigenvalue weighted by molar-refractivity contribution is 0.416. The second-order valence-electron chi connectivity index (χ2n) is 5.66. The highest BCUT2D eigenvalue weighted by Crippen LogP contribution is 2.31. The number of hydrogen-bond acceptors (Lipinski definition) is 4. The number of imidazole rings is 1. The first-order valence-corrected chi connectivity index (χ1v) is 8.09. The number of aromatic nitrogens is 5. The number of benzene rings is 1. The van der Waals surface area contributed by atoms with Gasteiger partial charge in [-0.2, -0.15) is 5.10 Å². The van der Waals surface area contributed by atoms with Crippen molar-refractivity contribution in [2.75, 3.05) is 7.11 Å². The molecule has 6 nitrogen and oxygen atoms in total. The average molecular weight is 343 g/mol. The van der Waals surface area contributed by atoms with Crippen molar-refractivity contribution in [3.05, 3.63) is 60.9 Å². The van der Waals surface area contributed by atoms with Gasteiger partial charge in [0.15, 0.2) is 11.5 Å². The number of nitrogens with one attached hydrogen (secondary N) is 2. The van der Waals surface area contributed by atoms with Crippen LogP contribution in [0.2, 0.25) is 0 Å². The monoisotopic (exact) mass is 343 g/mol. The molecule has 0 saturated heterocycles. The fourth-order valence-corrected chi connectivity index (χ4v) is 2.91. The zero-order valence-electron chi connectivity index (χ0n) is 14.3. The summed E-state index contributed by atoms with van der Waals surface area (Å²) in [5, 5.41) is 8.24. The van der Waals surface area contributed by atoms with Crippen LogP contribution < -0.4 is 4.74 Å². The number of pyridine rings is 1. The first-order valence-electron chi connectivity index (χ1n) is 8.09. The molecule has 4 rings (SSSR count). The highest BCUT2D eigenvalue weighted by molar-refractivity contribution is 5.91. The molecule has 0 saturated carbocycles. The Balaban J connectivity index is 1.82. The molecule has 128 valence electrons. The van der Waals surface area contributed by atoms with Gasteiger partial charge in [0.05, 0.1) is 24.2 Å². The molecule has 0 fully saturated rings. The van der Waals surface area contributed by atoms with E-state index in [1.54, 1.807) is 19.3 Å². The number of aromatic amines is 2. The summed E-state index contributed by atoms with van der Waals surface area (Å²) in [6.45, 7) is 7.57. The van der Waals surface area contributed by atoms with Crippen LogP contribution in [-0.4, -0.2) is 32.3 Å². The van der Waals surface area contributed by atoms with Gasteiger partial charge in [-0.1, -0.05) is 25.3 Å². The third-order valence-corrected chi connectivity index (χ3v) is 4.20. The maximum atomic E-state index is 5.42. The number of nitrogens with zero attached hydrogens (tertiary/aromatic N) is 3. The van der Waals surface area contributed by atoms with E-state index in [1.807, 2.05) is 36.4 Å². The van der Waals surface area contributed by atoms with Gasteiger partial charge < -0.3 is 9.72 Å². The van der Waals surface area contributed by atoms with Gasteiger partial charge >= 0.3 is 0 Å². The number of hydrogen-bond donors (Lipinski definition) is 2. The van der Waals surface area contributed by atoms with Crippen LogP contribution >= 0.6 is 0 Å². The van der Waals surface area contributed by atoms with Crippen molar-refractivity contribution in [1.29, 1.82) is 0 Å². The van der Waals surface area contributed by atoms with E-state index in [0.717, 1.165) is 39.5 Å². The van der Waals surface area contributed by atoms with E-state index in [0.29, 0.717) is 11.5 Å². The molecule has 0 aliphatic heterocycles. The fourth-order valence-electron chi connectivity index (χ4n) is 2.91. The lowest BCUT2D eigenvalue weighted by atomic mass is 10.1. The van der Waals surface area contributed by atoms with Crippen LogP contribution in [0, 0.1) is 0 Å². The van der Waals surface area contributed by atoms with Gasteiger partial charge in [0.25, 0.3) is 0 Å². The van der Waals surface area contributed by atoms with Crippen molar-refractivity contribution in [3.8, 4) is 28.5 Å². The Kier molecular flexibility index (Phi) is 3.85. The molecule has 0 aliphatic rings. The van der Waals surface area contributed by atoms with Crippen LogP contribution in [0.5, 0.6) is 5.75 Å². The minimum Gasteiger partial charge on any atom is -0.496 e. The van der Waals surface area contributed by atoms with Crippen molar-refractivity contribution in [2.24, 2.45) is 0 Å². The number of para-hydroxylation sites is 1. The number of fused-ring (bicyclic) bond motifs is 1. The van der Waals surface area contributed by atoms with Crippen molar-refractivity contribution >= 4 is 23.2 Å². The Morgan fingerprint density at radius 2 is 1.88 bits per heavy atom. The van der Waals surface area contributed by atoms with Crippen molar-refractivity contribution in [3.63, 3.8) is 0 Å². The molecule has 0 aliphatic carbocycles. The summed E-state index contributed by atoms with van der Waals surface area (Å²) in [6.07, 6.45) is 3.40. The normalized spacial score (nSPS) is 10.8. The van der Waals surface area contributed by atoms with E-state index in [9.17, 15) is 0 Å². The van der Waals surface area contributed by atoms with Gasteiger partial charge in [0.1, 0.15) is 11.4 Å². The predicted molar refractivity (Wildman–Crippen MR) is 104 cm³/mol. The van der Waals surface area contributed by atoms with Crippen molar-refractivity contribution < 1.29 is 4.74 Å². The molecule has 0 unspecified atom stereocenters. The zero-order chi connectivity index (χ0) is 18.1. The van der Waals surface area contributed by atoms with Crippen molar-refractivity contribution in [1.82, 2.24) is 25.1 Å². The molecule has 4 aromatic rings. The van der Waals surface area contributed by atoms with Gasteiger partial charge in [0, 0.05) is 10.9 Å². The Morgan fingerprint density at radius 3 is 2.62 bits per heavy atom. The lowest BCUT2D eigenvalue weighted by Gasteiger charge is -2.07. The molecule has 6 heteroatoms. The summed E-state index contributed by atoms with van der Waals surface area (Å²) in [5.41, 5.74) is 4.66. The first kappa shape index (κ1) is 15.8. The maximum absolute atomic E-state index is 5.42. The molecule has 0 amide bonds. The molecule has 26 heavy (non-hydrogen) atoms. The summed E-state index contributed by atoms with van der Waals surface area (Å²) in [6, 6.07) is 11.7. The smallest absolute Gasteiger partial charge is 0.182 e. The molecule has 3 aromatic heterocycles. The van der Waals surface area contributed by atoms with Crippen LogP contribution in [0.25, 0.3) is 46.0 Å². The van der Waals surface area contributed by atoms with Gasteiger partial charge in [-0.25, -0.2) is 9.97 Å². The minimum atomic E-state index is 0.611. The van der Waals surface area contributed by atoms with Crippen LogP contribution in [0.1, 0.15) is 11.4 Å². The van der Waals surface area contributed by atoms with Crippen molar-refractivity contribution in [2.45, 2.75) is 0 Å². The van der Waals surface area contributed by atoms with E-state index < -0.39 is 0 Å². The van der Waals surface area contributed by atoms with Crippen LogP contribution in [0.3, 0.4) is 0 Å². The molecular formula is C20H17N5O. The standard InChI is InChI=1S/C20H17N5O/c1-4-14-15(5-2)22-20(21-14)18-13-10-11-16(23-19(13)25-24-18)12-8-6-7-9-17(12)26-3/h4-11H,1-2H2,3H3,(H,21,22)(H,23,24,25). The summed E-state index contributed by atoms with van der Waals surface area (Å²) < 4.78 is 5.42. The lowest BCUT2D eigenvalue weighted by Crippen LogP contribution is -1.90. The Hall–Kier alpha value is -3.67. The first-order chi connectivity index (χ1) is 12.7. The molecule has 0 spiro atoms. The fraction of sp³-hybridized carbons (Fsp3) is 0.0500. The van der Waals surface area contributed by atoms with E-state index >= 15 is 0 Å². The Bertz CT molecular complexity index is 1100. The predicted octanol–water partition coefficient (Wildman–Crippen LogP) is 4.31. The number of ether oxygens (including phenoxy) is 1. The highest BCUT2D eigenvalue weighted by Gasteiger charge is 2.15. The summed E-state index contributed by atoms with van der Waals surface area (Å²) >= 11 is 0. The zero-order valence-corrected chi connectivity index (χ0v) is 14.3. The van der Waals surface area contributed by atoms with Gasteiger partial charge in [-0.3, -0.25) is 5.10 Å². The molecule has 2 N–H and O–H groups in total. The van der Waals surface area contributed by atoms with E-state index in [4.69, 9.17) is 4.74 Å². The summed E-state index contributed by atoms with van der Waals surface area (Å²) in [7, 11) is 1.65. The van der Waals surface area contributed by atoms with E-state index in [1.165, 1.54) is 0 Å². The van der Waals surface area contributed by atoms with E-state index in [2.05, 4.69) is 38.3 Å². The van der Waals surface area contributed by atoms with E-state index in [-0.39, 0.29) is 0 Å². The number of methoxy groups -OCH3 is 1. The quantitative estimate of drug-likeness (QED) is 0.566. The Labute approximate surface area is 150 Å². The van der Waals surface area contributed by atoms with Gasteiger partial charge in [-0.15, -0.1) is 0 Å². The second-order valence-corrected chi connectivity index (χ2v) is 5.66. The van der Waals surface area contributed by atoms with Gasteiger partial charge in [-0.05, 0) is 36.4 Å². The largest absolute Gasteiger partial charge is 0.496 e. The topological polar surface area (TPSA) is 79.5 Å². The molecule has 3 heterocycles. The molecule has 1 aromatic carbocycles. The minimum absolute atomic E-state index is 0.611. The SMILES string of the molecule is C=Cc1nc(-c2[nH]nc3nc(-c4ccccc4OC)ccc23)[nH]c1C=C. The maximum Gasteiger partial charge on any atom is 0.182 e. The second kappa shape index (κ2) is 6.33. The highest BCUT2D eigenvalue weighted by atomic mass is 16.5. The molecule has 0 bridgehead atoms. The van der Waals surface area contributed by atoms with Crippen LogP contribution in [0.15, 0.2) is 49.6 Å². The van der Waals surface area contributed by atoms with Crippen LogP contribution in [-0.2, 0) is 0 Å². The number of rotatable bonds is 5. The van der Waals surface area contributed by atoms with Gasteiger partial charge in [0.2, 0.25) is 0 Å². The molecule has 0 atom stereocenters. The Morgan fingerprint density at radius 1 is 1.04 bits per heavy atom. The molecule has 0 radical (unpaired) electrons. The summed E-state index contributed by atoms with van der Waals surface area (Å²) in [4.78, 5) is 12.4. The number of H-pyrrole nitrogens is 2. The third kappa shape index (κ3) is 2.48. The molecular weight excluding hydrogens is 326 g/mol. The summed E-state index contributed by atoms with van der Waals surface area (Å²) in [5.74, 6) is 1.44. The third-order valence-electron chi connectivity index (χ3n) is 4.20. The average Bonchev–Trinajstić information content (AvgIpc) is 3.30. The van der Waals surface area contributed by atoms with Crippen LogP contribution in [0.4, 0.5) is 0 Å².